The maximum Gasteiger partial charge on any atom is 0.240 e. The highest BCUT2D eigenvalue weighted by molar-refractivity contribution is 7.89. The first-order valence-corrected chi connectivity index (χ1v) is 10.6. The zero-order valence-corrected chi connectivity index (χ0v) is 16.3. The fourth-order valence-electron chi connectivity index (χ4n) is 2.48. The third-order valence-corrected chi connectivity index (χ3v) is 6.21. The molecule has 0 saturated heterocycles. The van der Waals surface area contributed by atoms with Gasteiger partial charge in [0.05, 0.1) is 18.1 Å². The van der Waals surface area contributed by atoms with Gasteiger partial charge < -0.3 is 14.3 Å². The van der Waals surface area contributed by atoms with Gasteiger partial charge in [0.25, 0.3) is 0 Å². The van der Waals surface area contributed by atoms with Crippen LogP contribution in [0.5, 0.6) is 0 Å². The maximum absolute atomic E-state index is 12.6. The molecule has 0 aliphatic rings. The Morgan fingerprint density at radius 3 is 2.67 bits per heavy atom. The number of nitrogens with one attached hydrogen (secondary N) is 1. The summed E-state index contributed by atoms with van der Waals surface area (Å²) in [6.45, 7) is 1.83. The van der Waals surface area contributed by atoms with Gasteiger partial charge in [-0.25, -0.2) is 18.1 Å². The second kappa shape index (κ2) is 8.77. The Bertz CT molecular complexity index is 950. The van der Waals surface area contributed by atoms with Crippen molar-refractivity contribution in [3.8, 4) is 11.3 Å². The molecule has 0 aliphatic heterocycles. The van der Waals surface area contributed by atoms with E-state index in [1.165, 1.54) is 29.7 Å². The normalized spacial score (nSPS) is 13.0. The largest absolute Gasteiger partial charge is 0.449 e. The summed E-state index contributed by atoms with van der Waals surface area (Å²) in [6, 6.07) is 10.2. The van der Waals surface area contributed by atoms with Crippen LogP contribution in [0.3, 0.4) is 0 Å². The number of aliphatic hydroxyl groups is 1. The molecule has 0 saturated carbocycles. The third kappa shape index (κ3) is 5.02. The van der Waals surface area contributed by atoms with Gasteiger partial charge in [-0.2, -0.15) is 0 Å². The number of ether oxygens (including phenoxy) is 1. The van der Waals surface area contributed by atoms with Crippen molar-refractivity contribution in [2.75, 3.05) is 19.8 Å². The standard InChI is InChI=1S/C18H20N2O5S2/c1-13-20-16(12-25-13)14-4-6-15(7-5-14)27(22,23)19-11-17(24-9-8-21)18-3-2-10-26-18/h2-7,10,12,17,19,21H,8-9,11H2,1H3. The van der Waals surface area contributed by atoms with Crippen molar-refractivity contribution in [3.63, 3.8) is 0 Å². The molecule has 1 aromatic carbocycles. The first-order chi connectivity index (χ1) is 13.0. The fourth-order valence-corrected chi connectivity index (χ4v) is 4.29. The van der Waals surface area contributed by atoms with Crippen LogP contribution >= 0.6 is 11.3 Å². The molecule has 0 aliphatic carbocycles. The summed E-state index contributed by atoms with van der Waals surface area (Å²) in [4.78, 5) is 5.26. The average molecular weight is 409 g/mol. The van der Waals surface area contributed by atoms with Crippen LogP contribution in [-0.4, -0.2) is 38.3 Å². The smallest absolute Gasteiger partial charge is 0.240 e. The van der Waals surface area contributed by atoms with E-state index >= 15 is 0 Å². The molecule has 1 unspecified atom stereocenters. The second-order valence-corrected chi connectivity index (χ2v) is 8.47. The van der Waals surface area contributed by atoms with Crippen molar-refractivity contribution in [2.45, 2.75) is 17.9 Å². The number of nitrogens with zero attached hydrogens (tertiary/aromatic N) is 1. The molecule has 27 heavy (non-hydrogen) atoms. The van der Waals surface area contributed by atoms with Gasteiger partial charge >= 0.3 is 0 Å². The monoisotopic (exact) mass is 408 g/mol. The summed E-state index contributed by atoms with van der Waals surface area (Å²) in [5.41, 5.74) is 1.42. The molecule has 2 heterocycles. The van der Waals surface area contributed by atoms with E-state index < -0.39 is 16.1 Å². The van der Waals surface area contributed by atoms with E-state index in [4.69, 9.17) is 14.3 Å². The van der Waals surface area contributed by atoms with Gasteiger partial charge in [-0.05, 0) is 23.6 Å². The summed E-state index contributed by atoms with van der Waals surface area (Å²) < 4.78 is 38.5. The predicted molar refractivity (Wildman–Crippen MR) is 102 cm³/mol. The number of hydrogen-bond acceptors (Lipinski definition) is 7. The Balaban J connectivity index is 1.70. The Hall–Kier alpha value is -2.04. The highest BCUT2D eigenvalue weighted by atomic mass is 32.2. The molecule has 9 heteroatoms. The van der Waals surface area contributed by atoms with Gasteiger partial charge in [0.1, 0.15) is 18.1 Å². The highest BCUT2D eigenvalue weighted by Crippen LogP contribution is 2.24. The number of benzene rings is 1. The molecule has 7 nitrogen and oxygen atoms in total. The first kappa shape index (κ1) is 19.7. The Morgan fingerprint density at radius 2 is 2.07 bits per heavy atom. The summed E-state index contributed by atoms with van der Waals surface area (Å²) in [5, 5.41) is 10.9. The van der Waals surface area contributed by atoms with E-state index in [2.05, 4.69) is 9.71 Å². The number of sulfonamides is 1. The minimum atomic E-state index is -3.70. The van der Waals surface area contributed by atoms with Gasteiger partial charge in [-0.1, -0.05) is 18.2 Å². The molecule has 1 atom stereocenters. The molecule has 0 bridgehead atoms. The van der Waals surface area contributed by atoms with Crippen molar-refractivity contribution < 1.29 is 22.7 Å². The van der Waals surface area contributed by atoms with Crippen LogP contribution in [0.2, 0.25) is 0 Å². The van der Waals surface area contributed by atoms with E-state index in [-0.39, 0.29) is 24.7 Å². The Morgan fingerprint density at radius 1 is 1.30 bits per heavy atom. The zero-order chi connectivity index (χ0) is 19.3. The van der Waals surface area contributed by atoms with Gasteiger partial charge in [-0.15, -0.1) is 11.3 Å². The Kier molecular flexibility index (Phi) is 6.40. The molecule has 0 amide bonds. The average Bonchev–Trinajstić information content (AvgIpc) is 3.34. The molecule has 0 radical (unpaired) electrons. The van der Waals surface area contributed by atoms with Crippen molar-refractivity contribution in [3.05, 3.63) is 58.8 Å². The summed E-state index contributed by atoms with van der Waals surface area (Å²) in [5.74, 6) is 0.547. The van der Waals surface area contributed by atoms with E-state index in [0.717, 1.165) is 10.4 Å². The lowest BCUT2D eigenvalue weighted by molar-refractivity contribution is 0.0328. The summed E-state index contributed by atoms with van der Waals surface area (Å²) in [6.07, 6.45) is 1.07. The number of rotatable bonds is 9. The topological polar surface area (TPSA) is 102 Å². The quantitative estimate of drug-likeness (QED) is 0.564. The number of aryl methyl sites for hydroxylation is 1. The van der Waals surface area contributed by atoms with Gasteiger partial charge in [-0.3, -0.25) is 0 Å². The molecular formula is C18H20N2O5S2. The van der Waals surface area contributed by atoms with Crippen LogP contribution in [0.1, 0.15) is 16.9 Å². The van der Waals surface area contributed by atoms with Gasteiger partial charge in [0.15, 0.2) is 5.89 Å². The lowest BCUT2D eigenvalue weighted by Gasteiger charge is -2.17. The number of aliphatic hydroxyl groups excluding tert-OH is 1. The van der Waals surface area contributed by atoms with Gasteiger partial charge in [0, 0.05) is 23.9 Å². The molecule has 3 rings (SSSR count). The zero-order valence-electron chi connectivity index (χ0n) is 14.7. The number of hydrogen-bond donors (Lipinski definition) is 2. The minimum absolute atomic E-state index is 0.0765. The highest BCUT2D eigenvalue weighted by Gasteiger charge is 2.19. The maximum atomic E-state index is 12.6. The lowest BCUT2D eigenvalue weighted by Crippen LogP contribution is -2.29. The van der Waals surface area contributed by atoms with Crippen LogP contribution in [0.25, 0.3) is 11.3 Å². The predicted octanol–water partition coefficient (Wildman–Crippen LogP) is 2.74. The molecule has 2 N–H and O–H groups in total. The van der Waals surface area contributed by atoms with E-state index in [0.29, 0.717) is 11.6 Å². The molecular weight excluding hydrogens is 388 g/mol. The Labute approximate surface area is 161 Å². The molecule has 0 fully saturated rings. The minimum Gasteiger partial charge on any atom is -0.449 e. The van der Waals surface area contributed by atoms with Crippen molar-refractivity contribution in [1.29, 1.82) is 0 Å². The van der Waals surface area contributed by atoms with Crippen LogP contribution in [0.15, 0.2) is 57.4 Å². The van der Waals surface area contributed by atoms with Gasteiger partial charge in [0.2, 0.25) is 10.0 Å². The molecule has 144 valence electrons. The number of thiophene rings is 1. The van der Waals surface area contributed by atoms with E-state index in [9.17, 15) is 8.42 Å². The third-order valence-electron chi connectivity index (χ3n) is 3.81. The fraction of sp³-hybridized carbons (Fsp3) is 0.278. The van der Waals surface area contributed by atoms with Crippen LogP contribution in [0.4, 0.5) is 0 Å². The van der Waals surface area contributed by atoms with E-state index in [1.54, 1.807) is 19.1 Å². The molecule has 3 aromatic rings. The second-order valence-electron chi connectivity index (χ2n) is 5.73. The van der Waals surface area contributed by atoms with E-state index in [1.807, 2.05) is 17.5 Å². The van der Waals surface area contributed by atoms with Crippen LogP contribution in [0, 0.1) is 6.92 Å². The molecule has 2 aromatic heterocycles. The SMILES string of the molecule is Cc1nc(-c2ccc(S(=O)(=O)NCC(OCCO)c3cccs3)cc2)co1. The lowest BCUT2D eigenvalue weighted by atomic mass is 10.2. The summed E-state index contributed by atoms with van der Waals surface area (Å²) >= 11 is 1.47. The van der Waals surface area contributed by atoms with Crippen molar-refractivity contribution in [1.82, 2.24) is 9.71 Å². The van der Waals surface area contributed by atoms with Crippen LogP contribution in [-0.2, 0) is 14.8 Å². The summed E-state index contributed by atoms with van der Waals surface area (Å²) in [7, 11) is -3.70. The molecule has 0 spiro atoms. The number of oxazole rings is 1. The van der Waals surface area contributed by atoms with Crippen LogP contribution < -0.4 is 4.72 Å². The first-order valence-electron chi connectivity index (χ1n) is 8.27. The van der Waals surface area contributed by atoms with Crippen molar-refractivity contribution >= 4 is 21.4 Å². The van der Waals surface area contributed by atoms with Crippen molar-refractivity contribution in [2.24, 2.45) is 0 Å². The number of aromatic nitrogens is 1.